The van der Waals surface area contributed by atoms with Gasteiger partial charge in [-0.2, -0.15) is 0 Å². The summed E-state index contributed by atoms with van der Waals surface area (Å²) >= 11 is 0. The summed E-state index contributed by atoms with van der Waals surface area (Å²) in [7, 11) is 7.02. The third-order valence-corrected chi connectivity index (χ3v) is 8.09. The van der Waals surface area contributed by atoms with Gasteiger partial charge in [0, 0.05) is 42.6 Å². The molecule has 1 aliphatic heterocycles. The number of aromatic amines is 1. The van der Waals surface area contributed by atoms with E-state index in [0.717, 1.165) is 47.5 Å². The van der Waals surface area contributed by atoms with Crippen LogP contribution in [-0.2, 0) is 4.79 Å². The molecule has 6 nitrogen and oxygen atoms in total. The van der Waals surface area contributed by atoms with Gasteiger partial charge in [0.25, 0.3) is 0 Å². The summed E-state index contributed by atoms with van der Waals surface area (Å²) in [6.07, 6.45) is 3.28. The lowest BCUT2D eigenvalue weighted by Gasteiger charge is -2.33. The van der Waals surface area contributed by atoms with E-state index in [1.165, 1.54) is 16.5 Å². The highest BCUT2D eigenvalue weighted by Crippen LogP contribution is 2.41. The number of nitrogens with zero attached hydrogens (tertiary/aromatic N) is 2. The molecule has 2 heterocycles. The number of H-pyrrole nitrogens is 1. The van der Waals surface area contributed by atoms with Crippen LogP contribution in [0.2, 0.25) is 0 Å². The second-order valence-corrected chi connectivity index (χ2v) is 11.1. The summed E-state index contributed by atoms with van der Waals surface area (Å²) in [5, 5.41) is 1.29. The van der Waals surface area contributed by atoms with Gasteiger partial charge in [-0.25, -0.2) is 0 Å². The number of hydrogen-bond acceptors (Lipinski definition) is 4. The van der Waals surface area contributed by atoms with Gasteiger partial charge in [0.15, 0.2) is 11.5 Å². The molecule has 37 heavy (non-hydrogen) atoms. The van der Waals surface area contributed by atoms with Crippen LogP contribution in [0.25, 0.3) is 22.2 Å². The van der Waals surface area contributed by atoms with Crippen molar-refractivity contribution in [1.29, 1.82) is 0 Å². The van der Waals surface area contributed by atoms with Crippen molar-refractivity contribution < 1.29 is 14.3 Å². The lowest BCUT2D eigenvalue weighted by Crippen LogP contribution is -2.45. The molecule has 3 atom stereocenters. The first-order valence-electron chi connectivity index (χ1n) is 13.5. The monoisotopic (exact) mass is 505 g/mol. The first-order valence-corrected chi connectivity index (χ1v) is 13.5. The molecule has 1 saturated heterocycles. The molecule has 2 aromatic carbocycles. The van der Waals surface area contributed by atoms with Gasteiger partial charge in [-0.15, -0.1) is 0 Å². The van der Waals surface area contributed by atoms with Crippen molar-refractivity contribution in [2.45, 2.75) is 70.9 Å². The number of rotatable bonds is 7. The van der Waals surface area contributed by atoms with Gasteiger partial charge in [-0.3, -0.25) is 9.69 Å². The lowest BCUT2D eigenvalue weighted by molar-refractivity contribution is -0.131. The molecule has 1 amide bonds. The second-order valence-electron chi connectivity index (χ2n) is 11.1. The number of benzene rings is 2. The topological polar surface area (TPSA) is 57.8 Å². The van der Waals surface area contributed by atoms with E-state index in [4.69, 9.17) is 9.47 Å². The number of hydrogen-bond donors (Lipinski definition) is 1. The van der Waals surface area contributed by atoms with E-state index in [0.29, 0.717) is 30.5 Å². The van der Waals surface area contributed by atoms with Crippen LogP contribution in [0.15, 0.2) is 36.4 Å². The van der Waals surface area contributed by atoms with Crippen LogP contribution in [0.5, 0.6) is 11.5 Å². The van der Waals surface area contributed by atoms with E-state index < -0.39 is 0 Å². The van der Waals surface area contributed by atoms with Crippen LogP contribution in [0, 0.1) is 0 Å². The number of ether oxygens (including phenoxy) is 2. The molecule has 0 radical (unpaired) electrons. The minimum absolute atomic E-state index is 0.176. The third kappa shape index (κ3) is 5.49. The summed E-state index contributed by atoms with van der Waals surface area (Å²) in [6, 6.07) is 13.8. The Balaban J connectivity index is 1.69. The molecule has 1 N–H and O–H groups in total. The molecular formula is C31H43N3O3. The zero-order valence-corrected chi connectivity index (χ0v) is 23.7. The fourth-order valence-corrected chi connectivity index (χ4v) is 5.92. The van der Waals surface area contributed by atoms with E-state index in [-0.39, 0.29) is 5.91 Å². The molecule has 0 aliphatic carbocycles. The van der Waals surface area contributed by atoms with Gasteiger partial charge in [-0.05, 0) is 86.4 Å². The van der Waals surface area contributed by atoms with Crippen LogP contribution in [-0.4, -0.2) is 67.6 Å². The van der Waals surface area contributed by atoms with E-state index in [9.17, 15) is 4.79 Å². The van der Waals surface area contributed by atoms with Crippen LogP contribution >= 0.6 is 0 Å². The molecule has 1 fully saturated rings. The molecule has 4 rings (SSSR count). The van der Waals surface area contributed by atoms with Crippen LogP contribution in [0.4, 0.5) is 0 Å². The Labute approximate surface area is 221 Å². The van der Waals surface area contributed by atoms with Crippen molar-refractivity contribution in [3.8, 4) is 22.8 Å². The second kappa shape index (κ2) is 11.2. The SMILES string of the molecule is COc1ccc(-c2[nH]c3ccc(C4CCC(C)N(CC(=O)N(C)C)C(C)C4)cc3c2C(C)C)cc1OC. The summed E-state index contributed by atoms with van der Waals surface area (Å²) < 4.78 is 11.0. The normalized spacial score (nSPS) is 20.7. The average Bonchev–Trinajstić information content (AvgIpc) is 3.21. The van der Waals surface area contributed by atoms with Gasteiger partial charge in [-0.1, -0.05) is 19.9 Å². The van der Waals surface area contributed by atoms with Gasteiger partial charge < -0.3 is 19.4 Å². The minimum atomic E-state index is 0.176. The summed E-state index contributed by atoms with van der Waals surface area (Å²) in [5.41, 5.74) is 6.12. The number of fused-ring (bicyclic) bond motifs is 1. The Morgan fingerprint density at radius 2 is 1.76 bits per heavy atom. The fraction of sp³-hybridized carbons (Fsp3) is 0.516. The van der Waals surface area contributed by atoms with Crippen molar-refractivity contribution in [2.24, 2.45) is 0 Å². The number of carbonyl (C=O) groups excluding carboxylic acids is 1. The number of methoxy groups -OCH3 is 2. The van der Waals surface area contributed by atoms with Crippen LogP contribution < -0.4 is 9.47 Å². The summed E-state index contributed by atoms with van der Waals surface area (Å²) in [6.45, 7) is 9.55. The van der Waals surface area contributed by atoms with E-state index in [1.54, 1.807) is 19.1 Å². The van der Waals surface area contributed by atoms with Crippen molar-refractivity contribution in [3.63, 3.8) is 0 Å². The van der Waals surface area contributed by atoms with E-state index in [2.05, 4.69) is 61.8 Å². The highest BCUT2D eigenvalue weighted by molar-refractivity contribution is 5.92. The molecule has 3 aromatic rings. The number of nitrogens with one attached hydrogen (secondary N) is 1. The largest absolute Gasteiger partial charge is 0.493 e. The number of likely N-dealkylation sites (tertiary alicyclic amines) is 1. The predicted molar refractivity (Wildman–Crippen MR) is 152 cm³/mol. The average molecular weight is 506 g/mol. The molecule has 1 aliphatic rings. The molecule has 1 aromatic heterocycles. The fourth-order valence-electron chi connectivity index (χ4n) is 5.92. The van der Waals surface area contributed by atoms with Crippen LogP contribution in [0.1, 0.15) is 69.9 Å². The Morgan fingerprint density at radius 3 is 2.41 bits per heavy atom. The molecule has 0 spiro atoms. The van der Waals surface area contributed by atoms with Gasteiger partial charge in [0.2, 0.25) is 5.91 Å². The predicted octanol–water partition coefficient (Wildman–Crippen LogP) is 6.41. The Hall–Kier alpha value is -2.99. The molecule has 200 valence electrons. The number of amides is 1. The number of likely N-dealkylation sites (N-methyl/N-ethyl adjacent to an activating group) is 1. The Morgan fingerprint density at radius 1 is 1.03 bits per heavy atom. The summed E-state index contributed by atoms with van der Waals surface area (Å²) in [4.78, 5) is 20.3. The third-order valence-electron chi connectivity index (χ3n) is 8.09. The highest BCUT2D eigenvalue weighted by atomic mass is 16.5. The van der Waals surface area contributed by atoms with Crippen LogP contribution in [0.3, 0.4) is 0 Å². The van der Waals surface area contributed by atoms with Crippen molar-refractivity contribution in [3.05, 3.63) is 47.5 Å². The zero-order valence-electron chi connectivity index (χ0n) is 23.7. The van der Waals surface area contributed by atoms with E-state index >= 15 is 0 Å². The maximum absolute atomic E-state index is 12.5. The standard InChI is InChI=1S/C31H43N3O3/c1-19(2)30-25-16-23(22-10-9-20(3)34(21(4)15-22)18-29(35)33(5)6)11-13-26(25)32-31(30)24-12-14-27(36-7)28(17-24)37-8/h11-14,16-17,19-22,32H,9-10,15,18H2,1-8H3. The lowest BCUT2D eigenvalue weighted by atomic mass is 9.87. The van der Waals surface area contributed by atoms with E-state index in [1.807, 2.05) is 26.2 Å². The van der Waals surface area contributed by atoms with Gasteiger partial charge in [0.05, 0.1) is 26.5 Å². The first-order chi connectivity index (χ1) is 17.6. The highest BCUT2D eigenvalue weighted by Gasteiger charge is 2.30. The Bertz CT molecular complexity index is 1250. The van der Waals surface area contributed by atoms with Crippen molar-refractivity contribution in [2.75, 3.05) is 34.9 Å². The van der Waals surface area contributed by atoms with Crippen molar-refractivity contribution in [1.82, 2.24) is 14.8 Å². The Kier molecular flexibility index (Phi) is 8.17. The molecule has 0 bridgehead atoms. The van der Waals surface area contributed by atoms with Gasteiger partial charge in [0.1, 0.15) is 0 Å². The molecule has 3 unspecified atom stereocenters. The maximum Gasteiger partial charge on any atom is 0.236 e. The maximum atomic E-state index is 12.5. The minimum Gasteiger partial charge on any atom is -0.493 e. The smallest absolute Gasteiger partial charge is 0.236 e. The zero-order chi connectivity index (χ0) is 26.9. The quantitative estimate of drug-likeness (QED) is 0.403. The van der Waals surface area contributed by atoms with Gasteiger partial charge >= 0.3 is 0 Å². The molecule has 0 saturated carbocycles. The molecule has 6 heteroatoms. The first kappa shape index (κ1) is 27.1. The number of carbonyl (C=O) groups is 1. The summed E-state index contributed by atoms with van der Waals surface area (Å²) in [5.74, 6) is 2.46. The molecular weight excluding hydrogens is 462 g/mol. The number of aromatic nitrogens is 1. The van der Waals surface area contributed by atoms with Crippen molar-refractivity contribution >= 4 is 16.8 Å².